The molecule has 0 aliphatic heterocycles. The highest BCUT2D eigenvalue weighted by molar-refractivity contribution is 5.65. The standard InChI is InChI=1S/C23H19F3O2/c1-3-15-7-11-20(19(24)13-15)28-14-16-5-8-17(9-6-16)18-10-12-21(27-4-2)23(26)22(18)25/h3,5-13H,1,4,14H2,2H3. The van der Waals surface area contributed by atoms with Gasteiger partial charge in [0.1, 0.15) is 6.61 Å². The minimum Gasteiger partial charge on any atom is -0.491 e. The molecule has 3 rings (SSSR count). The summed E-state index contributed by atoms with van der Waals surface area (Å²) < 4.78 is 52.9. The Bertz CT molecular complexity index is 982. The Hall–Kier alpha value is -3.21. The molecule has 28 heavy (non-hydrogen) atoms. The van der Waals surface area contributed by atoms with Gasteiger partial charge in [0, 0.05) is 5.56 Å². The van der Waals surface area contributed by atoms with Crippen LogP contribution in [0.2, 0.25) is 0 Å². The van der Waals surface area contributed by atoms with Crippen molar-refractivity contribution in [3.8, 4) is 22.6 Å². The lowest BCUT2D eigenvalue weighted by Crippen LogP contribution is -1.99. The van der Waals surface area contributed by atoms with Crippen molar-refractivity contribution in [2.75, 3.05) is 6.61 Å². The largest absolute Gasteiger partial charge is 0.491 e. The summed E-state index contributed by atoms with van der Waals surface area (Å²) in [6.07, 6.45) is 1.55. The van der Waals surface area contributed by atoms with Crippen LogP contribution in [0.4, 0.5) is 13.2 Å². The molecule has 0 heterocycles. The predicted molar refractivity (Wildman–Crippen MR) is 104 cm³/mol. The van der Waals surface area contributed by atoms with Crippen LogP contribution >= 0.6 is 0 Å². The van der Waals surface area contributed by atoms with E-state index in [-0.39, 0.29) is 30.3 Å². The molecule has 5 heteroatoms. The van der Waals surface area contributed by atoms with E-state index >= 15 is 0 Å². The lowest BCUT2D eigenvalue weighted by Gasteiger charge is -2.11. The number of rotatable bonds is 7. The molecule has 3 aromatic rings. The summed E-state index contributed by atoms with van der Waals surface area (Å²) in [5.74, 6) is -2.42. The number of hydrogen-bond acceptors (Lipinski definition) is 2. The Balaban J connectivity index is 1.73. The fraction of sp³-hybridized carbons (Fsp3) is 0.130. The third-order valence-electron chi connectivity index (χ3n) is 4.20. The molecule has 0 amide bonds. The van der Waals surface area contributed by atoms with Gasteiger partial charge >= 0.3 is 0 Å². The fourth-order valence-electron chi connectivity index (χ4n) is 2.72. The molecule has 0 aromatic heterocycles. The van der Waals surface area contributed by atoms with Crippen molar-refractivity contribution in [3.05, 3.63) is 89.8 Å². The van der Waals surface area contributed by atoms with E-state index in [1.807, 2.05) is 0 Å². The minimum absolute atomic E-state index is 0.113. The van der Waals surface area contributed by atoms with E-state index in [0.29, 0.717) is 11.1 Å². The van der Waals surface area contributed by atoms with Crippen LogP contribution in [-0.4, -0.2) is 6.61 Å². The van der Waals surface area contributed by atoms with Gasteiger partial charge in [-0.3, -0.25) is 0 Å². The van der Waals surface area contributed by atoms with Crippen molar-refractivity contribution in [3.63, 3.8) is 0 Å². The van der Waals surface area contributed by atoms with Gasteiger partial charge in [-0.2, -0.15) is 4.39 Å². The number of benzene rings is 3. The highest BCUT2D eigenvalue weighted by Crippen LogP contribution is 2.30. The van der Waals surface area contributed by atoms with Crippen molar-refractivity contribution in [2.24, 2.45) is 0 Å². The normalized spacial score (nSPS) is 10.6. The van der Waals surface area contributed by atoms with Gasteiger partial charge in [-0.1, -0.05) is 43.0 Å². The average Bonchev–Trinajstić information content (AvgIpc) is 2.71. The van der Waals surface area contributed by atoms with Gasteiger partial charge in [-0.15, -0.1) is 0 Å². The molecule has 144 valence electrons. The van der Waals surface area contributed by atoms with Crippen molar-refractivity contribution in [1.29, 1.82) is 0 Å². The summed E-state index contributed by atoms with van der Waals surface area (Å²) in [7, 11) is 0. The molecule has 0 radical (unpaired) electrons. The Labute approximate surface area is 161 Å². The zero-order valence-electron chi connectivity index (χ0n) is 15.3. The van der Waals surface area contributed by atoms with Crippen LogP contribution in [0.3, 0.4) is 0 Å². The smallest absolute Gasteiger partial charge is 0.201 e. The van der Waals surface area contributed by atoms with Gasteiger partial charge in [-0.05, 0) is 47.9 Å². The summed E-state index contributed by atoms with van der Waals surface area (Å²) >= 11 is 0. The quantitative estimate of drug-likeness (QED) is 0.470. The summed E-state index contributed by atoms with van der Waals surface area (Å²) in [4.78, 5) is 0. The van der Waals surface area contributed by atoms with E-state index in [0.717, 1.165) is 5.56 Å². The first-order valence-corrected chi connectivity index (χ1v) is 8.78. The molecule has 0 bridgehead atoms. The Morgan fingerprint density at radius 1 is 0.857 bits per heavy atom. The molecule has 3 aromatic carbocycles. The average molecular weight is 384 g/mol. The van der Waals surface area contributed by atoms with E-state index < -0.39 is 17.5 Å². The van der Waals surface area contributed by atoms with Crippen LogP contribution in [0.1, 0.15) is 18.1 Å². The lowest BCUT2D eigenvalue weighted by molar-refractivity contribution is 0.290. The van der Waals surface area contributed by atoms with Crippen LogP contribution in [0.5, 0.6) is 11.5 Å². The summed E-state index contributed by atoms with van der Waals surface area (Å²) in [6, 6.07) is 14.2. The van der Waals surface area contributed by atoms with Crippen LogP contribution < -0.4 is 9.47 Å². The molecular weight excluding hydrogens is 365 g/mol. The monoisotopic (exact) mass is 384 g/mol. The van der Waals surface area contributed by atoms with E-state index in [9.17, 15) is 13.2 Å². The molecule has 0 saturated heterocycles. The van der Waals surface area contributed by atoms with Gasteiger partial charge in [0.15, 0.2) is 23.1 Å². The van der Waals surface area contributed by atoms with Gasteiger partial charge in [0.25, 0.3) is 0 Å². The van der Waals surface area contributed by atoms with Crippen LogP contribution in [0.15, 0.2) is 61.2 Å². The molecule has 0 aliphatic carbocycles. The lowest BCUT2D eigenvalue weighted by atomic mass is 10.0. The van der Waals surface area contributed by atoms with Crippen molar-refractivity contribution in [1.82, 2.24) is 0 Å². The molecule has 0 saturated carbocycles. The molecule has 0 aliphatic rings. The Morgan fingerprint density at radius 3 is 2.21 bits per heavy atom. The number of halogens is 3. The zero-order valence-corrected chi connectivity index (χ0v) is 15.3. The van der Waals surface area contributed by atoms with E-state index in [4.69, 9.17) is 9.47 Å². The minimum atomic E-state index is -1.01. The third-order valence-corrected chi connectivity index (χ3v) is 4.20. The summed E-state index contributed by atoms with van der Waals surface area (Å²) in [5, 5.41) is 0. The second-order valence-corrected chi connectivity index (χ2v) is 6.05. The van der Waals surface area contributed by atoms with Crippen LogP contribution in [0, 0.1) is 17.5 Å². The highest BCUT2D eigenvalue weighted by atomic mass is 19.2. The maximum Gasteiger partial charge on any atom is 0.201 e. The van der Waals surface area contributed by atoms with Crippen molar-refractivity contribution >= 4 is 6.08 Å². The van der Waals surface area contributed by atoms with Crippen LogP contribution in [-0.2, 0) is 6.61 Å². The first-order chi connectivity index (χ1) is 13.5. The Kier molecular flexibility index (Phi) is 6.04. The highest BCUT2D eigenvalue weighted by Gasteiger charge is 2.15. The maximum atomic E-state index is 14.3. The molecule has 0 unspecified atom stereocenters. The SMILES string of the molecule is C=Cc1ccc(OCc2ccc(-c3ccc(OCC)c(F)c3F)cc2)c(F)c1. The van der Waals surface area contributed by atoms with Crippen molar-refractivity contribution < 1.29 is 22.6 Å². The summed E-state index contributed by atoms with van der Waals surface area (Å²) in [6.45, 7) is 5.68. The predicted octanol–water partition coefficient (Wildman–Crippen LogP) is 6.39. The van der Waals surface area contributed by atoms with E-state index in [1.165, 1.54) is 18.2 Å². The van der Waals surface area contributed by atoms with Gasteiger partial charge in [0.05, 0.1) is 6.61 Å². The molecule has 0 atom stereocenters. The summed E-state index contributed by atoms with van der Waals surface area (Å²) in [5.41, 5.74) is 2.09. The second-order valence-electron chi connectivity index (χ2n) is 6.05. The molecule has 0 N–H and O–H groups in total. The maximum absolute atomic E-state index is 14.3. The first kappa shape index (κ1) is 19.5. The first-order valence-electron chi connectivity index (χ1n) is 8.78. The topological polar surface area (TPSA) is 18.5 Å². The van der Waals surface area contributed by atoms with Crippen LogP contribution in [0.25, 0.3) is 17.2 Å². The molecule has 0 fully saturated rings. The van der Waals surface area contributed by atoms with E-state index in [1.54, 1.807) is 49.4 Å². The third kappa shape index (κ3) is 4.19. The van der Waals surface area contributed by atoms with Gasteiger partial charge in [-0.25, -0.2) is 8.78 Å². The molecular formula is C23H19F3O2. The number of ether oxygens (including phenoxy) is 2. The zero-order chi connectivity index (χ0) is 20.1. The van der Waals surface area contributed by atoms with Gasteiger partial charge < -0.3 is 9.47 Å². The molecule has 0 spiro atoms. The number of hydrogen-bond donors (Lipinski definition) is 0. The molecule has 2 nitrogen and oxygen atoms in total. The van der Waals surface area contributed by atoms with E-state index in [2.05, 4.69) is 6.58 Å². The second kappa shape index (κ2) is 8.65. The Morgan fingerprint density at radius 2 is 1.57 bits per heavy atom. The fourth-order valence-corrected chi connectivity index (χ4v) is 2.72. The van der Waals surface area contributed by atoms with Crippen molar-refractivity contribution in [2.45, 2.75) is 13.5 Å². The van der Waals surface area contributed by atoms with Gasteiger partial charge in [0.2, 0.25) is 5.82 Å².